The number of halogens is 1. The lowest BCUT2D eigenvalue weighted by molar-refractivity contribution is 0.381. The zero-order chi connectivity index (χ0) is 13.0. The Morgan fingerprint density at radius 2 is 1.89 bits per heavy atom. The van der Waals surface area contributed by atoms with Crippen molar-refractivity contribution in [2.75, 3.05) is 7.11 Å². The Morgan fingerprint density at radius 1 is 1.22 bits per heavy atom. The number of nitrogens with two attached hydrogens (primary N) is 1. The van der Waals surface area contributed by atoms with Gasteiger partial charge in [0.1, 0.15) is 5.75 Å². The van der Waals surface area contributed by atoms with Gasteiger partial charge in [0.05, 0.1) is 12.1 Å². The van der Waals surface area contributed by atoms with Gasteiger partial charge in [0.15, 0.2) is 0 Å². The van der Waals surface area contributed by atoms with Gasteiger partial charge in [-0.05, 0) is 36.5 Å². The summed E-state index contributed by atoms with van der Waals surface area (Å²) < 4.78 is 5.17. The van der Waals surface area contributed by atoms with E-state index in [9.17, 15) is 0 Å². The van der Waals surface area contributed by atoms with Crippen molar-refractivity contribution < 1.29 is 4.74 Å². The predicted molar refractivity (Wildman–Crippen MR) is 76.1 cm³/mol. The van der Waals surface area contributed by atoms with Crippen LogP contribution in [0.4, 0.5) is 0 Å². The summed E-state index contributed by atoms with van der Waals surface area (Å²) in [5.41, 5.74) is 7.53. The van der Waals surface area contributed by atoms with Crippen molar-refractivity contribution in [3.63, 3.8) is 0 Å². The van der Waals surface area contributed by atoms with Crippen molar-refractivity contribution in [2.24, 2.45) is 11.7 Å². The van der Waals surface area contributed by atoms with Crippen LogP contribution in [-0.4, -0.2) is 7.11 Å². The molecule has 2 N–H and O–H groups in total. The molecule has 1 aromatic rings. The molecule has 0 aromatic heterocycles. The molecule has 2 nitrogen and oxygen atoms in total. The summed E-state index contributed by atoms with van der Waals surface area (Å²) in [7, 11) is 1.63. The largest absolute Gasteiger partial charge is 0.495 e. The molecule has 100 valence electrons. The minimum absolute atomic E-state index is 0.103. The molecule has 1 aliphatic carbocycles. The van der Waals surface area contributed by atoms with Crippen LogP contribution >= 0.6 is 11.6 Å². The minimum Gasteiger partial charge on any atom is -0.495 e. The van der Waals surface area contributed by atoms with Crippen LogP contribution in [0, 0.1) is 5.92 Å². The Morgan fingerprint density at radius 3 is 2.44 bits per heavy atom. The highest BCUT2D eigenvalue weighted by Crippen LogP contribution is 2.34. The molecular weight excluding hydrogens is 246 g/mol. The molecule has 2 rings (SSSR count). The van der Waals surface area contributed by atoms with Gasteiger partial charge < -0.3 is 10.5 Å². The molecule has 1 saturated carbocycles. The van der Waals surface area contributed by atoms with E-state index in [1.54, 1.807) is 7.11 Å². The molecule has 0 radical (unpaired) electrons. The lowest BCUT2D eigenvalue weighted by Crippen LogP contribution is -2.21. The standard InChI is InChI=1S/C15H22ClNO/c1-18-14-9-8-12(10-13(14)16)15(17)11-6-4-2-3-5-7-11/h8-11,15H,2-7,17H2,1H3. The molecule has 0 saturated heterocycles. The average molecular weight is 268 g/mol. The second kappa shape index (κ2) is 6.44. The number of hydrogen-bond acceptors (Lipinski definition) is 2. The SMILES string of the molecule is COc1ccc(C(N)C2CCCCCC2)cc1Cl. The summed E-state index contributed by atoms with van der Waals surface area (Å²) in [6.45, 7) is 0. The Hall–Kier alpha value is -0.730. The molecule has 0 bridgehead atoms. The molecule has 0 aliphatic heterocycles. The highest BCUT2D eigenvalue weighted by Gasteiger charge is 2.21. The third-order valence-electron chi connectivity index (χ3n) is 3.97. The molecule has 3 heteroatoms. The Kier molecular flexibility index (Phi) is 4.90. The Bertz CT molecular complexity index is 386. The second-order valence-corrected chi connectivity index (χ2v) is 5.58. The van der Waals surface area contributed by atoms with Crippen LogP contribution < -0.4 is 10.5 Å². The van der Waals surface area contributed by atoms with E-state index in [-0.39, 0.29) is 6.04 Å². The van der Waals surface area contributed by atoms with Gasteiger partial charge in [0, 0.05) is 6.04 Å². The maximum Gasteiger partial charge on any atom is 0.137 e. The fourth-order valence-corrected chi connectivity index (χ4v) is 3.10. The lowest BCUT2D eigenvalue weighted by atomic mass is 9.88. The summed E-state index contributed by atoms with van der Waals surface area (Å²) in [5.74, 6) is 1.31. The number of methoxy groups -OCH3 is 1. The Balaban J connectivity index is 2.11. The summed E-state index contributed by atoms with van der Waals surface area (Å²) in [4.78, 5) is 0. The van der Waals surface area contributed by atoms with E-state index in [0.29, 0.717) is 16.7 Å². The highest BCUT2D eigenvalue weighted by molar-refractivity contribution is 6.32. The van der Waals surface area contributed by atoms with Crippen LogP contribution in [0.1, 0.15) is 50.1 Å². The summed E-state index contributed by atoms with van der Waals surface area (Å²) in [5, 5.41) is 0.652. The summed E-state index contributed by atoms with van der Waals surface area (Å²) in [6, 6.07) is 6.01. The van der Waals surface area contributed by atoms with Crippen LogP contribution in [0.25, 0.3) is 0 Å². The molecule has 0 spiro atoms. The normalized spacial score (nSPS) is 19.3. The van der Waals surface area contributed by atoms with Crippen molar-refractivity contribution in [3.05, 3.63) is 28.8 Å². The topological polar surface area (TPSA) is 35.2 Å². The molecule has 1 fully saturated rings. The maximum absolute atomic E-state index is 6.40. The molecule has 1 unspecified atom stereocenters. The third kappa shape index (κ3) is 3.18. The van der Waals surface area contributed by atoms with Crippen molar-refractivity contribution >= 4 is 11.6 Å². The minimum atomic E-state index is 0.103. The monoisotopic (exact) mass is 267 g/mol. The van der Waals surface area contributed by atoms with E-state index >= 15 is 0 Å². The van der Waals surface area contributed by atoms with Gasteiger partial charge in [-0.25, -0.2) is 0 Å². The highest BCUT2D eigenvalue weighted by atomic mass is 35.5. The average Bonchev–Trinajstić information content (AvgIpc) is 2.66. The van der Waals surface area contributed by atoms with E-state index in [4.69, 9.17) is 22.1 Å². The molecule has 18 heavy (non-hydrogen) atoms. The van der Waals surface area contributed by atoms with Crippen LogP contribution in [0.5, 0.6) is 5.75 Å². The second-order valence-electron chi connectivity index (χ2n) is 5.17. The maximum atomic E-state index is 6.40. The predicted octanol–water partition coefficient (Wildman–Crippen LogP) is 4.32. The zero-order valence-electron chi connectivity index (χ0n) is 11.0. The molecule has 1 atom stereocenters. The first-order valence-electron chi connectivity index (χ1n) is 6.81. The lowest BCUT2D eigenvalue weighted by Gasteiger charge is -2.23. The smallest absolute Gasteiger partial charge is 0.137 e. The Labute approximate surface area is 114 Å². The first-order valence-corrected chi connectivity index (χ1v) is 7.19. The van der Waals surface area contributed by atoms with E-state index in [1.807, 2.05) is 18.2 Å². The van der Waals surface area contributed by atoms with Crippen LogP contribution in [-0.2, 0) is 0 Å². The zero-order valence-corrected chi connectivity index (χ0v) is 11.7. The molecule has 1 aliphatic rings. The van der Waals surface area contributed by atoms with Crippen LogP contribution in [0.3, 0.4) is 0 Å². The quantitative estimate of drug-likeness (QED) is 0.828. The van der Waals surface area contributed by atoms with Crippen molar-refractivity contribution in [1.29, 1.82) is 0 Å². The third-order valence-corrected chi connectivity index (χ3v) is 4.26. The van der Waals surface area contributed by atoms with Crippen LogP contribution in [0.2, 0.25) is 5.02 Å². The van der Waals surface area contributed by atoms with Gasteiger partial charge in [-0.2, -0.15) is 0 Å². The van der Waals surface area contributed by atoms with Gasteiger partial charge in [0.25, 0.3) is 0 Å². The van der Waals surface area contributed by atoms with E-state index < -0.39 is 0 Å². The number of hydrogen-bond donors (Lipinski definition) is 1. The van der Waals surface area contributed by atoms with E-state index in [1.165, 1.54) is 38.5 Å². The van der Waals surface area contributed by atoms with Crippen LogP contribution in [0.15, 0.2) is 18.2 Å². The van der Waals surface area contributed by atoms with E-state index in [0.717, 1.165) is 5.56 Å². The van der Waals surface area contributed by atoms with Gasteiger partial charge in [-0.1, -0.05) is 43.4 Å². The molecule has 1 aromatic carbocycles. The fourth-order valence-electron chi connectivity index (χ4n) is 2.83. The number of rotatable bonds is 3. The number of ether oxygens (including phenoxy) is 1. The summed E-state index contributed by atoms with van der Waals surface area (Å²) in [6.07, 6.45) is 7.80. The first-order chi connectivity index (χ1) is 8.72. The van der Waals surface area contributed by atoms with Crippen molar-refractivity contribution in [2.45, 2.75) is 44.6 Å². The first kappa shape index (κ1) is 13.7. The molecule has 0 amide bonds. The van der Waals surface area contributed by atoms with E-state index in [2.05, 4.69) is 0 Å². The van der Waals surface area contributed by atoms with Crippen molar-refractivity contribution in [1.82, 2.24) is 0 Å². The molecular formula is C15H22ClNO. The molecule has 0 heterocycles. The van der Waals surface area contributed by atoms with Gasteiger partial charge in [-0.3, -0.25) is 0 Å². The van der Waals surface area contributed by atoms with Gasteiger partial charge in [-0.15, -0.1) is 0 Å². The number of benzene rings is 1. The van der Waals surface area contributed by atoms with Crippen molar-refractivity contribution in [3.8, 4) is 5.75 Å². The van der Waals surface area contributed by atoms with Gasteiger partial charge in [0.2, 0.25) is 0 Å². The summed E-state index contributed by atoms with van der Waals surface area (Å²) >= 11 is 6.16. The van der Waals surface area contributed by atoms with Gasteiger partial charge >= 0.3 is 0 Å². The fraction of sp³-hybridized carbons (Fsp3) is 0.600.